The van der Waals surface area contributed by atoms with E-state index in [0.29, 0.717) is 28.6 Å². The highest BCUT2D eigenvalue weighted by molar-refractivity contribution is 7.17. The van der Waals surface area contributed by atoms with Crippen molar-refractivity contribution in [2.24, 2.45) is 5.41 Å². The summed E-state index contributed by atoms with van der Waals surface area (Å²) in [6.45, 7) is 2.41. The van der Waals surface area contributed by atoms with Crippen molar-refractivity contribution in [1.29, 1.82) is 0 Å². The van der Waals surface area contributed by atoms with Crippen molar-refractivity contribution in [3.8, 4) is 10.6 Å². The van der Waals surface area contributed by atoms with Crippen molar-refractivity contribution >= 4 is 34.8 Å². The molecule has 26 heavy (non-hydrogen) atoms. The van der Waals surface area contributed by atoms with Gasteiger partial charge in [0.05, 0.1) is 12.3 Å². The number of hydrogen-bond donors (Lipinski definition) is 1. The SMILES string of the molecule is COCC1(C(=O)O)CCN(C(=O)c2sc(-c3ccc(Cl)cc3)nc2C)C1. The molecule has 1 atom stereocenters. The average molecular weight is 395 g/mol. The number of nitrogens with zero attached hydrogens (tertiary/aromatic N) is 2. The van der Waals surface area contributed by atoms with Crippen LogP contribution in [0.5, 0.6) is 0 Å². The summed E-state index contributed by atoms with van der Waals surface area (Å²) in [7, 11) is 1.47. The number of methoxy groups -OCH3 is 1. The van der Waals surface area contributed by atoms with E-state index in [1.807, 2.05) is 12.1 Å². The summed E-state index contributed by atoms with van der Waals surface area (Å²) in [6, 6.07) is 7.28. The number of thiazole rings is 1. The first-order chi connectivity index (χ1) is 12.4. The molecule has 138 valence electrons. The van der Waals surface area contributed by atoms with Crippen LogP contribution in [-0.2, 0) is 9.53 Å². The molecule has 1 fully saturated rings. The molecule has 1 aliphatic rings. The Morgan fingerprint density at radius 1 is 1.38 bits per heavy atom. The van der Waals surface area contributed by atoms with Crippen molar-refractivity contribution < 1.29 is 19.4 Å². The van der Waals surface area contributed by atoms with E-state index >= 15 is 0 Å². The number of ether oxygens (including phenoxy) is 1. The van der Waals surface area contributed by atoms with E-state index < -0.39 is 11.4 Å². The van der Waals surface area contributed by atoms with E-state index in [4.69, 9.17) is 16.3 Å². The van der Waals surface area contributed by atoms with Crippen molar-refractivity contribution in [3.05, 3.63) is 39.9 Å². The number of carboxylic acids is 1. The third-order valence-corrected chi connectivity index (χ3v) is 6.04. The number of hydrogen-bond acceptors (Lipinski definition) is 5. The Hall–Kier alpha value is -1.96. The summed E-state index contributed by atoms with van der Waals surface area (Å²) in [5.41, 5.74) is 0.494. The topological polar surface area (TPSA) is 79.7 Å². The van der Waals surface area contributed by atoms with Crippen LogP contribution in [0, 0.1) is 12.3 Å². The summed E-state index contributed by atoms with van der Waals surface area (Å²) in [4.78, 5) is 31.2. The maximum atomic E-state index is 12.9. The first-order valence-electron chi connectivity index (χ1n) is 8.11. The highest BCUT2D eigenvalue weighted by Gasteiger charge is 2.47. The zero-order valence-electron chi connectivity index (χ0n) is 14.5. The lowest BCUT2D eigenvalue weighted by molar-refractivity contribution is -0.151. The minimum Gasteiger partial charge on any atom is -0.481 e. The van der Waals surface area contributed by atoms with Gasteiger partial charge in [0, 0.05) is 30.8 Å². The maximum absolute atomic E-state index is 12.9. The fraction of sp³-hybridized carbons (Fsp3) is 0.389. The van der Waals surface area contributed by atoms with Crippen LogP contribution in [0.1, 0.15) is 21.8 Å². The molecule has 0 saturated carbocycles. The number of carbonyl (C=O) groups excluding carboxylic acids is 1. The molecule has 3 rings (SSSR count). The number of amides is 1. The number of aromatic nitrogens is 1. The van der Waals surface area contributed by atoms with Gasteiger partial charge < -0.3 is 14.7 Å². The Labute approximate surface area is 160 Å². The van der Waals surface area contributed by atoms with Gasteiger partial charge in [0.2, 0.25) is 0 Å². The number of carboxylic acid groups (broad SMARTS) is 1. The monoisotopic (exact) mass is 394 g/mol. The fourth-order valence-electron chi connectivity index (χ4n) is 3.13. The molecule has 2 aromatic rings. The normalized spacial score (nSPS) is 19.7. The molecule has 6 nitrogen and oxygen atoms in total. The van der Waals surface area contributed by atoms with E-state index in [1.165, 1.54) is 18.4 Å². The van der Waals surface area contributed by atoms with Crippen LogP contribution >= 0.6 is 22.9 Å². The molecule has 0 spiro atoms. The van der Waals surface area contributed by atoms with Gasteiger partial charge in [-0.05, 0) is 25.5 Å². The molecule has 0 bridgehead atoms. The van der Waals surface area contributed by atoms with Gasteiger partial charge in [0.15, 0.2) is 0 Å². The second-order valence-electron chi connectivity index (χ2n) is 6.44. The Kier molecular flexibility index (Phi) is 5.32. The molecule has 8 heteroatoms. The summed E-state index contributed by atoms with van der Waals surface area (Å²) in [5, 5.41) is 10.9. The Morgan fingerprint density at radius 3 is 2.69 bits per heavy atom. The van der Waals surface area contributed by atoms with Crippen LogP contribution in [0.4, 0.5) is 0 Å². The zero-order chi connectivity index (χ0) is 18.9. The van der Waals surface area contributed by atoms with Gasteiger partial charge in [0.1, 0.15) is 15.3 Å². The van der Waals surface area contributed by atoms with Gasteiger partial charge in [-0.1, -0.05) is 23.7 Å². The molecule has 1 amide bonds. The van der Waals surface area contributed by atoms with Crippen LogP contribution in [0.15, 0.2) is 24.3 Å². The molecule has 1 aromatic carbocycles. The largest absolute Gasteiger partial charge is 0.481 e. The number of likely N-dealkylation sites (tertiary alicyclic amines) is 1. The predicted molar refractivity (Wildman–Crippen MR) is 99.8 cm³/mol. The van der Waals surface area contributed by atoms with Crippen LogP contribution < -0.4 is 0 Å². The highest BCUT2D eigenvalue weighted by atomic mass is 35.5. The molecule has 1 unspecified atom stereocenters. The number of aryl methyl sites for hydroxylation is 1. The van der Waals surface area contributed by atoms with Crippen LogP contribution in [-0.4, -0.2) is 53.7 Å². The summed E-state index contributed by atoms with van der Waals surface area (Å²) >= 11 is 7.23. The minimum atomic E-state index is -1.04. The van der Waals surface area contributed by atoms with Gasteiger partial charge in [0.25, 0.3) is 5.91 Å². The van der Waals surface area contributed by atoms with Gasteiger partial charge in [-0.2, -0.15) is 0 Å². The first kappa shape index (κ1) is 18.8. The predicted octanol–water partition coefficient (Wildman–Crippen LogP) is 3.34. The fourth-order valence-corrected chi connectivity index (χ4v) is 4.30. The minimum absolute atomic E-state index is 0.0871. The number of aliphatic carboxylic acids is 1. The lowest BCUT2D eigenvalue weighted by atomic mass is 9.88. The quantitative estimate of drug-likeness (QED) is 0.841. The summed E-state index contributed by atoms with van der Waals surface area (Å²) in [6.07, 6.45) is 0.379. The van der Waals surface area contributed by atoms with Crippen LogP contribution in [0.2, 0.25) is 5.02 Å². The van der Waals surface area contributed by atoms with Crippen molar-refractivity contribution in [3.63, 3.8) is 0 Å². The van der Waals surface area contributed by atoms with Crippen molar-refractivity contribution in [2.45, 2.75) is 13.3 Å². The van der Waals surface area contributed by atoms with E-state index in [1.54, 1.807) is 24.0 Å². The Morgan fingerprint density at radius 2 is 2.08 bits per heavy atom. The molecule has 1 saturated heterocycles. The number of carbonyl (C=O) groups is 2. The average Bonchev–Trinajstić information content (AvgIpc) is 3.20. The Bertz CT molecular complexity index is 836. The van der Waals surface area contributed by atoms with Crippen LogP contribution in [0.3, 0.4) is 0 Å². The van der Waals surface area contributed by atoms with Gasteiger partial charge in [-0.3, -0.25) is 9.59 Å². The smallest absolute Gasteiger partial charge is 0.313 e. The lowest BCUT2D eigenvalue weighted by Gasteiger charge is -2.23. The molecule has 0 aliphatic carbocycles. The second-order valence-corrected chi connectivity index (χ2v) is 7.87. The molecule has 0 radical (unpaired) electrons. The number of rotatable bonds is 5. The van der Waals surface area contributed by atoms with Crippen molar-refractivity contribution in [1.82, 2.24) is 9.88 Å². The van der Waals surface area contributed by atoms with E-state index in [9.17, 15) is 14.7 Å². The molecular formula is C18H19ClN2O4S. The van der Waals surface area contributed by atoms with Crippen LogP contribution in [0.25, 0.3) is 10.6 Å². The lowest BCUT2D eigenvalue weighted by Crippen LogP contribution is -2.40. The molecule has 1 aromatic heterocycles. The van der Waals surface area contributed by atoms with E-state index in [-0.39, 0.29) is 19.1 Å². The summed E-state index contributed by atoms with van der Waals surface area (Å²) < 4.78 is 5.08. The number of benzene rings is 1. The first-order valence-corrected chi connectivity index (χ1v) is 9.31. The standard InChI is InChI=1S/C18H19ClN2O4S/c1-11-14(26-15(20-11)12-3-5-13(19)6-4-12)16(22)21-8-7-18(9-21,10-25-2)17(23)24/h3-6H,7-10H2,1-2H3,(H,23,24). The zero-order valence-corrected chi connectivity index (χ0v) is 16.1. The van der Waals surface area contributed by atoms with Crippen molar-refractivity contribution in [2.75, 3.05) is 26.8 Å². The Balaban J connectivity index is 1.83. The molecule has 2 heterocycles. The summed E-state index contributed by atoms with van der Waals surface area (Å²) in [5.74, 6) is -1.11. The number of halogens is 1. The third-order valence-electron chi connectivity index (χ3n) is 4.60. The van der Waals surface area contributed by atoms with Gasteiger partial charge >= 0.3 is 5.97 Å². The maximum Gasteiger partial charge on any atom is 0.313 e. The highest BCUT2D eigenvalue weighted by Crippen LogP contribution is 2.35. The molecule has 1 N–H and O–H groups in total. The molecule has 1 aliphatic heterocycles. The third kappa shape index (κ3) is 3.47. The van der Waals surface area contributed by atoms with Gasteiger partial charge in [-0.25, -0.2) is 4.98 Å². The second kappa shape index (κ2) is 7.34. The van der Waals surface area contributed by atoms with E-state index in [2.05, 4.69) is 4.98 Å². The molecular weight excluding hydrogens is 376 g/mol. The van der Waals surface area contributed by atoms with E-state index in [0.717, 1.165) is 10.6 Å². The van der Waals surface area contributed by atoms with Gasteiger partial charge in [-0.15, -0.1) is 11.3 Å².